The number of hydrogen-bond donors (Lipinski definition) is 0. The van der Waals surface area contributed by atoms with Gasteiger partial charge in [0, 0.05) is 24.7 Å². The summed E-state index contributed by atoms with van der Waals surface area (Å²) >= 11 is 0. The van der Waals surface area contributed by atoms with Crippen molar-refractivity contribution < 1.29 is 18.7 Å². The molecule has 5 heteroatoms. The summed E-state index contributed by atoms with van der Waals surface area (Å²) in [5.74, 6) is 1.07. The molecule has 0 amide bonds. The number of halogens is 1. The van der Waals surface area contributed by atoms with Gasteiger partial charge in [0.2, 0.25) is 0 Å². The molecule has 0 radical (unpaired) electrons. The van der Waals surface area contributed by atoms with E-state index in [2.05, 4.69) is 4.90 Å². The molecule has 0 N–H and O–H groups in total. The highest BCUT2D eigenvalue weighted by Gasteiger charge is 2.27. The van der Waals surface area contributed by atoms with Gasteiger partial charge in [0.05, 0.1) is 13.5 Å². The Bertz CT molecular complexity index is 1030. The molecule has 3 aromatic rings. The summed E-state index contributed by atoms with van der Waals surface area (Å²) in [6.07, 6.45) is 2.97. The number of rotatable bonds is 7. The number of methoxy groups -OCH3 is 1. The first-order valence-corrected chi connectivity index (χ1v) is 10.6. The maximum atomic E-state index is 13.9. The Morgan fingerprint density at radius 3 is 2.61 bits per heavy atom. The fourth-order valence-corrected chi connectivity index (χ4v) is 4.09. The van der Waals surface area contributed by atoms with E-state index in [-0.39, 0.29) is 17.8 Å². The van der Waals surface area contributed by atoms with Gasteiger partial charge in [-0.2, -0.15) is 0 Å². The molecule has 1 saturated heterocycles. The lowest BCUT2D eigenvalue weighted by Crippen LogP contribution is -2.31. The van der Waals surface area contributed by atoms with E-state index in [1.54, 1.807) is 12.1 Å². The number of hydrogen-bond acceptors (Lipinski definition) is 4. The third-order valence-electron chi connectivity index (χ3n) is 5.66. The summed E-state index contributed by atoms with van der Waals surface area (Å²) in [7, 11) is 1.43. The molecule has 0 unspecified atom stereocenters. The van der Waals surface area contributed by atoms with Crippen molar-refractivity contribution in [3.05, 3.63) is 89.7 Å². The predicted octanol–water partition coefficient (Wildman–Crippen LogP) is 5.74. The van der Waals surface area contributed by atoms with Crippen LogP contribution in [0.1, 0.15) is 30.4 Å². The van der Waals surface area contributed by atoms with E-state index in [1.807, 2.05) is 54.6 Å². The van der Waals surface area contributed by atoms with Gasteiger partial charge >= 0.3 is 5.97 Å². The molecule has 1 fully saturated rings. The highest BCUT2D eigenvalue weighted by molar-refractivity contribution is 5.71. The van der Waals surface area contributed by atoms with E-state index in [1.165, 1.54) is 13.2 Å². The lowest BCUT2D eigenvalue weighted by molar-refractivity contribution is -0.140. The summed E-state index contributed by atoms with van der Waals surface area (Å²) < 4.78 is 24.8. The topological polar surface area (TPSA) is 38.8 Å². The lowest BCUT2D eigenvalue weighted by atomic mass is 10.0. The molecule has 1 aliphatic rings. The van der Waals surface area contributed by atoms with Crippen LogP contribution in [0.3, 0.4) is 0 Å². The van der Waals surface area contributed by atoms with Crippen LogP contribution in [0.2, 0.25) is 0 Å². The zero-order valence-electron chi connectivity index (χ0n) is 17.6. The van der Waals surface area contributed by atoms with Crippen LogP contribution in [0.4, 0.5) is 10.1 Å². The van der Waals surface area contributed by atoms with Gasteiger partial charge in [-0.3, -0.25) is 4.79 Å². The minimum absolute atomic E-state index is 0.174. The Morgan fingerprint density at radius 2 is 1.84 bits per heavy atom. The fraction of sp³-hybridized carbons (Fsp3) is 0.269. The van der Waals surface area contributed by atoms with E-state index in [4.69, 9.17) is 9.47 Å². The van der Waals surface area contributed by atoms with E-state index >= 15 is 0 Å². The van der Waals surface area contributed by atoms with Crippen molar-refractivity contribution in [2.24, 2.45) is 0 Å². The molecular formula is C26H26FNO3. The molecule has 0 spiro atoms. The van der Waals surface area contributed by atoms with Crippen molar-refractivity contribution in [3.63, 3.8) is 0 Å². The zero-order chi connectivity index (χ0) is 21.6. The molecule has 4 rings (SSSR count). The molecule has 0 saturated carbocycles. The molecular weight excluding hydrogens is 393 g/mol. The van der Waals surface area contributed by atoms with Gasteiger partial charge in [0.1, 0.15) is 17.3 Å². The normalized spacial score (nSPS) is 15.7. The van der Waals surface area contributed by atoms with Gasteiger partial charge in [-0.25, -0.2) is 4.39 Å². The summed E-state index contributed by atoms with van der Waals surface area (Å²) in [5, 5.41) is 0. The Hall–Kier alpha value is -3.34. The van der Waals surface area contributed by atoms with E-state index in [9.17, 15) is 9.18 Å². The molecule has 160 valence electrons. The summed E-state index contributed by atoms with van der Waals surface area (Å²) in [6.45, 7) is 0.931. The lowest BCUT2D eigenvalue weighted by Gasteiger charge is -2.26. The largest absolute Gasteiger partial charge is 0.469 e. The third-order valence-corrected chi connectivity index (χ3v) is 5.66. The van der Waals surface area contributed by atoms with Crippen LogP contribution < -0.4 is 9.64 Å². The Morgan fingerprint density at radius 1 is 1.03 bits per heavy atom. The minimum Gasteiger partial charge on any atom is -0.469 e. The summed E-state index contributed by atoms with van der Waals surface area (Å²) in [4.78, 5) is 13.9. The van der Waals surface area contributed by atoms with Crippen LogP contribution in [-0.2, 0) is 16.0 Å². The summed E-state index contributed by atoms with van der Waals surface area (Å²) in [5.41, 5.74) is 2.73. The second-order valence-electron chi connectivity index (χ2n) is 7.78. The summed E-state index contributed by atoms with van der Waals surface area (Å²) in [6, 6.07) is 22.6. The number of carbonyl (C=O) groups excluding carboxylic acids is 1. The van der Waals surface area contributed by atoms with E-state index < -0.39 is 0 Å². The van der Waals surface area contributed by atoms with Crippen molar-refractivity contribution in [3.8, 4) is 11.5 Å². The number of nitrogens with zero attached hydrogens (tertiary/aromatic N) is 1. The van der Waals surface area contributed by atoms with Crippen molar-refractivity contribution in [1.29, 1.82) is 0 Å². The maximum Gasteiger partial charge on any atom is 0.307 e. The smallest absolute Gasteiger partial charge is 0.307 e. The van der Waals surface area contributed by atoms with Gasteiger partial charge in [-0.05, 0) is 66.4 Å². The molecule has 31 heavy (non-hydrogen) atoms. The van der Waals surface area contributed by atoms with Gasteiger partial charge < -0.3 is 14.4 Å². The predicted molar refractivity (Wildman–Crippen MR) is 119 cm³/mol. The molecule has 3 aromatic carbocycles. The SMILES string of the molecule is COC(=O)C[C@@H]1CCCN1c1ccc(Oc2cccc(Cc3ccccc3F)c2)cc1. The van der Waals surface area contributed by atoms with Crippen molar-refractivity contribution in [2.75, 3.05) is 18.6 Å². The van der Waals surface area contributed by atoms with Gasteiger partial charge in [-0.15, -0.1) is 0 Å². The minimum atomic E-state index is -0.197. The standard InChI is InChI=1S/C26H26FNO3/c1-30-26(29)18-22-8-5-15-28(22)21-11-13-23(14-12-21)31-24-9-4-6-19(17-24)16-20-7-2-3-10-25(20)27/h2-4,6-7,9-14,17,22H,5,8,15-16,18H2,1H3/t22-/m0/s1. The van der Waals surface area contributed by atoms with E-state index in [0.29, 0.717) is 24.2 Å². The number of carbonyl (C=O) groups is 1. The number of esters is 1. The number of anilines is 1. The van der Waals surface area contributed by atoms with Crippen LogP contribution in [0.5, 0.6) is 11.5 Å². The van der Waals surface area contributed by atoms with Crippen molar-refractivity contribution >= 4 is 11.7 Å². The highest BCUT2D eigenvalue weighted by atomic mass is 19.1. The molecule has 1 heterocycles. The van der Waals surface area contributed by atoms with Crippen LogP contribution in [0.15, 0.2) is 72.8 Å². The monoisotopic (exact) mass is 419 g/mol. The first-order valence-electron chi connectivity index (χ1n) is 10.6. The maximum absolute atomic E-state index is 13.9. The molecule has 0 aliphatic carbocycles. The van der Waals surface area contributed by atoms with E-state index in [0.717, 1.165) is 36.4 Å². The Balaban J connectivity index is 1.42. The zero-order valence-corrected chi connectivity index (χ0v) is 17.6. The third kappa shape index (κ3) is 5.23. The van der Waals surface area contributed by atoms with Crippen LogP contribution in [0, 0.1) is 5.82 Å². The van der Waals surface area contributed by atoms with Gasteiger partial charge in [0.15, 0.2) is 0 Å². The quantitative estimate of drug-likeness (QED) is 0.458. The highest BCUT2D eigenvalue weighted by Crippen LogP contribution is 2.30. The second-order valence-corrected chi connectivity index (χ2v) is 7.78. The Kier molecular flexibility index (Phi) is 6.51. The van der Waals surface area contributed by atoms with Gasteiger partial charge in [-0.1, -0.05) is 30.3 Å². The molecule has 4 nitrogen and oxygen atoms in total. The number of benzene rings is 3. The van der Waals surface area contributed by atoms with Crippen LogP contribution in [-0.4, -0.2) is 25.7 Å². The molecule has 1 atom stereocenters. The van der Waals surface area contributed by atoms with Crippen LogP contribution in [0.25, 0.3) is 0 Å². The van der Waals surface area contributed by atoms with Crippen LogP contribution >= 0.6 is 0 Å². The first kappa shape index (κ1) is 20.9. The van der Waals surface area contributed by atoms with Crippen molar-refractivity contribution in [1.82, 2.24) is 0 Å². The second kappa shape index (κ2) is 9.65. The average molecular weight is 419 g/mol. The average Bonchev–Trinajstić information content (AvgIpc) is 3.24. The Labute approximate surface area is 182 Å². The number of ether oxygens (including phenoxy) is 2. The molecule has 0 aromatic heterocycles. The fourth-order valence-electron chi connectivity index (χ4n) is 4.09. The first-order chi connectivity index (χ1) is 15.1. The van der Waals surface area contributed by atoms with Gasteiger partial charge in [0.25, 0.3) is 0 Å². The molecule has 0 bridgehead atoms. The van der Waals surface area contributed by atoms with Crippen molar-refractivity contribution in [2.45, 2.75) is 31.7 Å². The molecule has 1 aliphatic heterocycles.